The molecule has 0 saturated carbocycles. The van der Waals surface area contributed by atoms with E-state index in [0.29, 0.717) is 0 Å². The fourth-order valence-corrected chi connectivity index (χ4v) is 0.337. The van der Waals surface area contributed by atoms with E-state index in [9.17, 15) is 4.79 Å². The summed E-state index contributed by atoms with van der Waals surface area (Å²) in [4.78, 5) is 9.90. The maximum absolute atomic E-state index is 9.90. The first-order valence-electron chi connectivity index (χ1n) is 2.25. The number of aliphatic hydroxyl groups excluding tert-OH is 2. The first kappa shape index (κ1) is 8.68. The summed E-state index contributed by atoms with van der Waals surface area (Å²) in [5.74, 6) is -1.33. The number of carboxylic acids is 1. The normalized spacial score (nSPS) is 16.8. The maximum atomic E-state index is 9.90. The molecular weight excluding hydrogens is 147 g/mol. The molecule has 0 unspecified atom stereocenters. The fourth-order valence-electron chi connectivity index (χ4n) is 0.257. The molecule has 0 rings (SSSR count). The smallest absolute Gasteiger partial charge is 0.324 e. The van der Waals surface area contributed by atoms with Gasteiger partial charge in [-0.15, -0.1) is 11.6 Å². The Hall–Kier alpha value is -0.320. The van der Waals surface area contributed by atoms with Crippen LogP contribution in [-0.2, 0) is 4.79 Å². The number of hydrogen-bond donors (Lipinski definition) is 3. The SMILES string of the molecule is O=C(O)[C@H](Cl)[C@H](O)CO. The van der Waals surface area contributed by atoms with Gasteiger partial charge in [-0.3, -0.25) is 4.79 Å². The van der Waals surface area contributed by atoms with Crippen molar-refractivity contribution in [1.29, 1.82) is 0 Å². The van der Waals surface area contributed by atoms with Gasteiger partial charge in [0.25, 0.3) is 0 Å². The van der Waals surface area contributed by atoms with E-state index in [2.05, 4.69) is 0 Å². The van der Waals surface area contributed by atoms with Gasteiger partial charge in [0, 0.05) is 0 Å². The lowest BCUT2D eigenvalue weighted by Crippen LogP contribution is -2.31. The Kier molecular flexibility index (Phi) is 3.53. The topological polar surface area (TPSA) is 77.8 Å². The number of carbonyl (C=O) groups is 1. The Labute approximate surface area is 56.7 Å². The van der Waals surface area contributed by atoms with E-state index >= 15 is 0 Å². The second kappa shape index (κ2) is 3.66. The number of carboxylic acid groups (broad SMARTS) is 1. The molecule has 0 aliphatic carbocycles. The van der Waals surface area contributed by atoms with Crippen LogP contribution in [0.1, 0.15) is 0 Å². The van der Waals surface area contributed by atoms with Gasteiger partial charge >= 0.3 is 5.97 Å². The minimum atomic E-state index is -1.42. The van der Waals surface area contributed by atoms with Gasteiger partial charge in [-0.2, -0.15) is 0 Å². The molecule has 2 atom stereocenters. The molecule has 5 heteroatoms. The van der Waals surface area contributed by atoms with Gasteiger partial charge < -0.3 is 15.3 Å². The quantitative estimate of drug-likeness (QED) is 0.457. The molecule has 0 aliphatic heterocycles. The summed E-state index contributed by atoms with van der Waals surface area (Å²) in [6, 6.07) is 0. The highest BCUT2D eigenvalue weighted by molar-refractivity contribution is 6.30. The Bertz CT molecular complexity index is 105. The van der Waals surface area contributed by atoms with Gasteiger partial charge in [0.2, 0.25) is 0 Å². The number of aliphatic carboxylic acids is 1. The Morgan fingerprint density at radius 2 is 2.11 bits per heavy atom. The van der Waals surface area contributed by atoms with Crippen molar-refractivity contribution in [2.45, 2.75) is 11.5 Å². The first-order chi connectivity index (χ1) is 4.09. The van der Waals surface area contributed by atoms with Gasteiger partial charge in [-0.1, -0.05) is 0 Å². The van der Waals surface area contributed by atoms with E-state index in [0.717, 1.165) is 0 Å². The van der Waals surface area contributed by atoms with E-state index in [1.54, 1.807) is 0 Å². The van der Waals surface area contributed by atoms with Crippen molar-refractivity contribution >= 4 is 17.6 Å². The predicted molar refractivity (Wildman–Crippen MR) is 30.4 cm³/mol. The number of hydrogen-bond acceptors (Lipinski definition) is 3. The second-order valence-corrected chi connectivity index (χ2v) is 1.96. The van der Waals surface area contributed by atoms with Crippen LogP contribution < -0.4 is 0 Å². The van der Waals surface area contributed by atoms with Crippen LogP contribution >= 0.6 is 11.6 Å². The molecule has 0 aromatic carbocycles. The molecule has 0 spiro atoms. The molecule has 0 saturated heterocycles. The molecule has 0 aromatic rings. The minimum Gasteiger partial charge on any atom is -0.480 e. The summed E-state index contributed by atoms with van der Waals surface area (Å²) >= 11 is 5.06. The molecule has 0 amide bonds. The summed E-state index contributed by atoms with van der Waals surface area (Å²) in [5, 5.41) is 23.3. The zero-order valence-electron chi connectivity index (χ0n) is 4.49. The van der Waals surface area contributed by atoms with Crippen molar-refractivity contribution < 1.29 is 20.1 Å². The maximum Gasteiger partial charge on any atom is 0.324 e. The molecule has 0 radical (unpaired) electrons. The lowest BCUT2D eigenvalue weighted by molar-refractivity contribution is -0.139. The third kappa shape index (κ3) is 2.64. The Morgan fingerprint density at radius 1 is 1.67 bits per heavy atom. The van der Waals surface area contributed by atoms with Crippen LogP contribution in [0, 0.1) is 0 Å². The van der Waals surface area contributed by atoms with E-state index in [-0.39, 0.29) is 0 Å². The lowest BCUT2D eigenvalue weighted by Gasteiger charge is -2.07. The van der Waals surface area contributed by atoms with Gasteiger partial charge in [0.05, 0.1) is 6.61 Å². The summed E-state index contributed by atoms with van der Waals surface area (Å²) in [6.45, 7) is -0.638. The van der Waals surface area contributed by atoms with Crippen LogP contribution in [0.25, 0.3) is 0 Å². The molecule has 0 bridgehead atoms. The van der Waals surface area contributed by atoms with Gasteiger partial charge in [-0.25, -0.2) is 0 Å². The molecule has 0 fully saturated rings. The Morgan fingerprint density at radius 3 is 2.22 bits per heavy atom. The van der Waals surface area contributed by atoms with E-state index in [1.165, 1.54) is 0 Å². The van der Waals surface area contributed by atoms with E-state index in [4.69, 9.17) is 26.9 Å². The predicted octanol–water partition coefficient (Wildman–Crippen LogP) is -0.968. The number of rotatable bonds is 3. The summed E-state index contributed by atoms with van der Waals surface area (Å²) in [6.07, 6.45) is -1.39. The average molecular weight is 155 g/mol. The number of aliphatic hydroxyl groups is 2. The first-order valence-corrected chi connectivity index (χ1v) is 2.69. The molecule has 4 nitrogen and oxygen atoms in total. The summed E-state index contributed by atoms with van der Waals surface area (Å²) < 4.78 is 0. The molecule has 54 valence electrons. The molecule has 0 aliphatic rings. The Balaban J connectivity index is 3.72. The highest BCUT2D eigenvalue weighted by atomic mass is 35.5. The van der Waals surface area contributed by atoms with Crippen LogP contribution in [0.3, 0.4) is 0 Å². The monoisotopic (exact) mass is 154 g/mol. The standard InChI is InChI=1S/C4H7ClO4/c5-3(4(8)9)2(7)1-6/h2-3,6-7H,1H2,(H,8,9)/t2-,3-/m1/s1. The lowest BCUT2D eigenvalue weighted by atomic mass is 10.3. The minimum absolute atomic E-state index is 0.638. The van der Waals surface area contributed by atoms with Crippen LogP contribution in [0.15, 0.2) is 0 Å². The van der Waals surface area contributed by atoms with Crippen LogP contribution in [0.4, 0.5) is 0 Å². The van der Waals surface area contributed by atoms with Crippen molar-refractivity contribution in [1.82, 2.24) is 0 Å². The number of halogens is 1. The molecule has 0 aromatic heterocycles. The molecular formula is C4H7ClO4. The molecule has 3 N–H and O–H groups in total. The highest BCUT2D eigenvalue weighted by Crippen LogP contribution is 2.01. The zero-order valence-corrected chi connectivity index (χ0v) is 5.25. The third-order valence-corrected chi connectivity index (χ3v) is 1.24. The summed E-state index contributed by atoms with van der Waals surface area (Å²) in [7, 11) is 0. The molecule has 0 heterocycles. The second-order valence-electron chi connectivity index (χ2n) is 1.49. The van der Waals surface area contributed by atoms with E-state index in [1.807, 2.05) is 0 Å². The zero-order chi connectivity index (χ0) is 7.44. The van der Waals surface area contributed by atoms with Crippen molar-refractivity contribution in [2.75, 3.05) is 6.61 Å². The average Bonchev–Trinajstić information content (AvgIpc) is 1.84. The van der Waals surface area contributed by atoms with Crippen LogP contribution in [0.2, 0.25) is 0 Å². The fraction of sp³-hybridized carbons (Fsp3) is 0.750. The van der Waals surface area contributed by atoms with Gasteiger partial charge in [-0.05, 0) is 0 Å². The van der Waals surface area contributed by atoms with Crippen molar-refractivity contribution in [3.63, 3.8) is 0 Å². The van der Waals surface area contributed by atoms with Crippen molar-refractivity contribution in [3.8, 4) is 0 Å². The highest BCUT2D eigenvalue weighted by Gasteiger charge is 2.22. The van der Waals surface area contributed by atoms with Crippen LogP contribution in [0.5, 0.6) is 0 Å². The largest absolute Gasteiger partial charge is 0.480 e. The molecule has 9 heavy (non-hydrogen) atoms. The summed E-state index contributed by atoms with van der Waals surface area (Å²) in [5.41, 5.74) is 0. The van der Waals surface area contributed by atoms with Gasteiger partial charge in [0.1, 0.15) is 6.10 Å². The third-order valence-electron chi connectivity index (χ3n) is 0.761. The van der Waals surface area contributed by atoms with Crippen LogP contribution in [-0.4, -0.2) is 39.4 Å². The van der Waals surface area contributed by atoms with Crippen molar-refractivity contribution in [2.24, 2.45) is 0 Å². The van der Waals surface area contributed by atoms with Gasteiger partial charge in [0.15, 0.2) is 5.38 Å². The number of alkyl halides is 1. The van der Waals surface area contributed by atoms with Crippen molar-refractivity contribution in [3.05, 3.63) is 0 Å². The van der Waals surface area contributed by atoms with E-state index < -0.39 is 24.1 Å².